The molecule has 0 heterocycles. The lowest BCUT2D eigenvalue weighted by molar-refractivity contribution is -0.123. The number of benzene rings is 2. The Kier molecular flexibility index (Phi) is 7.22. The Hall–Kier alpha value is -1.80. The topological polar surface area (TPSA) is 72.5 Å². The molecule has 0 fully saturated rings. The maximum Gasteiger partial charge on any atom is 0.241 e. The summed E-state index contributed by atoms with van der Waals surface area (Å²) in [5, 5.41) is -0.0447. The van der Waals surface area contributed by atoms with Crippen LogP contribution >= 0.6 is 0 Å². The summed E-state index contributed by atoms with van der Waals surface area (Å²) in [4.78, 5) is 13.2. The Bertz CT molecular complexity index is 933. The maximum absolute atomic E-state index is 13.1. The van der Waals surface area contributed by atoms with Gasteiger partial charge in [-0.1, -0.05) is 68.8 Å². The number of hydrogen-bond donors (Lipinski definition) is 1. The highest BCUT2D eigenvalue weighted by atomic mass is 32.2. The van der Waals surface area contributed by atoms with Crippen molar-refractivity contribution in [2.45, 2.75) is 56.8 Å². The average Bonchev–Trinajstić information content (AvgIpc) is 2.64. The van der Waals surface area contributed by atoms with Gasteiger partial charge in [0.1, 0.15) is 6.04 Å². The molecule has 2 aromatic carbocycles. The molecule has 0 saturated heterocycles. The van der Waals surface area contributed by atoms with Crippen molar-refractivity contribution in [1.29, 1.82) is 0 Å². The highest BCUT2D eigenvalue weighted by Crippen LogP contribution is 2.36. The SMILES string of the molecule is Cc1ccc(S(=O)(=O)N[C@H](C(=O)CO[Si](C)(C)C(C)(C)C)c2ccccc2)cc1. The first-order valence-electron chi connectivity index (χ1n) is 9.64. The molecule has 0 bridgehead atoms. The van der Waals surface area contributed by atoms with Gasteiger partial charge in [0, 0.05) is 0 Å². The van der Waals surface area contributed by atoms with Gasteiger partial charge < -0.3 is 4.43 Å². The first kappa shape index (κ1) is 23.5. The third kappa shape index (κ3) is 6.09. The first-order valence-corrected chi connectivity index (χ1v) is 14.0. The fourth-order valence-electron chi connectivity index (χ4n) is 2.46. The molecule has 7 heteroatoms. The summed E-state index contributed by atoms with van der Waals surface area (Å²) in [6.07, 6.45) is 0. The van der Waals surface area contributed by atoms with E-state index in [1.807, 2.05) is 13.0 Å². The second kappa shape index (κ2) is 8.91. The summed E-state index contributed by atoms with van der Waals surface area (Å²) < 4.78 is 34.4. The van der Waals surface area contributed by atoms with Gasteiger partial charge in [-0.15, -0.1) is 0 Å². The number of hydrogen-bond acceptors (Lipinski definition) is 4. The molecule has 29 heavy (non-hydrogen) atoms. The van der Waals surface area contributed by atoms with Gasteiger partial charge in [0.05, 0.1) is 11.5 Å². The number of aryl methyl sites for hydroxylation is 1. The molecule has 0 amide bonds. The fourth-order valence-corrected chi connectivity index (χ4v) is 4.60. The van der Waals surface area contributed by atoms with Gasteiger partial charge in [0.15, 0.2) is 14.1 Å². The first-order chi connectivity index (χ1) is 13.3. The summed E-state index contributed by atoms with van der Waals surface area (Å²) in [5.41, 5.74) is 1.55. The number of sulfonamides is 1. The lowest BCUT2D eigenvalue weighted by Gasteiger charge is -2.36. The molecule has 0 aliphatic carbocycles. The van der Waals surface area contributed by atoms with Crippen molar-refractivity contribution in [1.82, 2.24) is 4.72 Å². The van der Waals surface area contributed by atoms with Crippen LogP contribution in [0.15, 0.2) is 59.5 Å². The predicted molar refractivity (Wildman–Crippen MR) is 119 cm³/mol. The zero-order valence-corrected chi connectivity index (χ0v) is 19.8. The minimum Gasteiger partial charge on any atom is -0.409 e. The summed E-state index contributed by atoms with van der Waals surface area (Å²) in [5.74, 6) is -0.309. The van der Waals surface area contributed by atoms with Crippen LogP contribution in [0.2, 0.25) is 18.1 Å². The lowest BCUT2D eigenvalue weighted by atomic mass is 10.0. The standard InChI is InChI=1S/C22H31NO4SSi/c1-17-12-14-19(15-13-17)28(25,26)23-21(18-10-8-7-9-11-18)20(24)16-27-29(5,6)22(2,3)4/h7-15,21,23H,16H2,1-6H3/t21-/m0/s1. The minimum absolute atomic E-state index is 0.0447. The fraction of sp³-hybridized carbons (Fsp3) is 0.409. The molecule has 0 unspecified atom stereocenters. The van der Waals surface area contributed by atoms with E-state index in [4.69, 9.17) is 4.43 Å². The summed E-state index contributed by atoms with van der Waals surface area (Å²) in [7, 11) is -6.01. The number of carbonyl (C=O) groups excluding carboxylic acids is 1. The zero-order chi connectivity index (χ0) is 21.9. The van der Waals surface area contributed by atoms with E-state index in [-0.39, 0.29) is 22.3 Å². The van der Waals surface area contributed by atoms with Crippen molar-refractivity contribution in [3.05, 3.63) is 65.7 Å². The Morgan fingerprint density at radius 3 is 2.10 bits per heavy atom. The molecule has 0 radical (unpaired) electrons. The molecule has 2 rings (SSSR count). The van der Waals surface area contributed by atoms with Crippen LogP contribution in [-0.2, 0) is 19.2 Å². The van der Waals surface area contributed by atoms with Gasteiger partial charge in [-0.25, -0.2) is 8.42 Å². The quantitative estimate of drug-likeness (QED) is 0.617. The Morgan fingerprint density at radius 2 is 1.59 bits per heavy atom. The van der Waals surface area contributed by atoms with Crippen LogP contribution in [0.1, 0.15) is 37.9 Å². The molecule has 158 valence electrons. The third-order valence-corrected chi connectivity index (χ3v) is 11.4. The van der Waals surface area contributed by atoms with E-state index in [1.165, 1.54) is 12.1 Å². The molecular weight excluding hydrogens is 402 g/mol. The van der Waals surface area contributed by atoms with Gasteiger partial charge in [-0.05, 0) is 42.8 Å². The summed E-state index contributed by atoms with van der Waals surface area (Å²) >= 11 is 0. The van der Waals surface area contributed by atoms with Crippen molar-refractivity contribution in [3.63, 3.8) is 0 Å². The number of rotatable bonds is 8. The van der Waals surface area contributed by atoms with Crippen molar-refractivity contribution in [2.24, 2.45) is 0 Å². The summed E-state index contributed by atoms with van der Waals surface area (Å²) in [6, 6.07) is 14.4. The summed E-state index contributed by atoms with van der Waals surface area (Å²) in [6.45, 7) is 12.2. The largest absolute Gasteiger partial charge is 0.409 e. The van der Waals surface area contributed by atoms with E-state index in [2.05, 4.69) is 38.6 Å². The molecule has 5 nitrogen and oxygen atoms in total. The number of carbonyl (C=O) groups is 1. The van der Waals surface area contributed by atoms with E-state index >= 15 is 0 Å². The maximum atomic E-state index is 13.1. The van der Waals surface area contributed by atoms with E-state index in [0.717, 1.165) is 5.56 Å². The second-order valence-electron chi connectivity index (χ2n) is 8.79. The molecule has 0 aliphatic heterocycles. The van der Waals surface area contributed by atoms with Crippen LogP contribution < -0.4 is 4.72 Å². The lowest BCUT2D eigenvalue weighted by Crippen LogP contribution is -2.44. The van der Waals surface area contributed by atoms with E-state index in [9.17, 15) is 13.2 Å². The van der Waals surface area contributed by atoms with Crippen molar-refractivity contribution < 1.29 is 17.6 Å². The molecule has 0 spiro atoms. The van der Waals surface area contributed by atoms with Crippen molar-refractivity contribution in [2.75, 3.05) is 6.61 Å². The molecule has 0 aromatic heterocycles. The van der Waals surface area contributed by atoms with Gasteiger partial charge in [-0.3, -0.25) is 4.79 Å². The van der Waals surface area contributed by atoms with Gasteiger partial charge in [0.25, 0.3) is 0 Å². The van der Waals surface area contributed by atoms with Crippen LogP contribution in [-0.4, -0.2) is 29.1 Å². The van der Waals surface area contributed by atoms with Crippen LogP contribution in [0, 0.1) is 6.92 Å². The zero-order valence-electron chi connectivity index (χ0n) is 18.0. The Morgan fingerprint density at radius 1 is 1.03 bits per heavy atom. The van der Waals surface area contributed by atoms with Crippen LogP contribution in [0.4, 0.5) is 0 Å². The van der Waals surface area contributed by atoms with Gasteiger partial charge in [-0.2, -0.15) is 4.72 Å². The van der Waals surface area contributed by atoms with Gasteiger partial charge >= 0.3 is 0 Å². The van der Waals surface area contributed by atoms with E-state index in [1.54, 1.807) is 36.4 Å². The van der Waals surface area contributed by atoms with Crippen LogP contribution in [0.5, 0.6) is 0 Å². The highest BCUT2D eigenvalue weighted by Gasteiger charge is 2.38. The van der Waals surface area contributed by atoms with Crippen molar-refractivity contribution >= 4 is 24.1 Å². The van der Waals surface area contributed by atoms with Gasteiger partial charge in [0.2, 0.25) is 10.0 Å². The molecular formula is C22H31NO4SSi. The molecule has 0 saturated carbocycles. The molecule has 1 N–H and O–H groups in total. The smallest absolute Gasteiger partial charge is 0.241 e. The third-order valence-electron chi connectivity index (χ3n) is 5.44. The normalized spacial score (nSPS) is 13.9. The van der Waals surface area contributed by atoms with E-state index < -0.39 is 24.4 Å². The van der Waals surface area contributed by atoms with Crippen LogP contribution in [0.25, 0.3) is 0 Å². The molecule has 0 aliphatic rings. The average molecular weight is 434 g/mol. The van der Waals surface area contributed by atoms with E-state index in [0.29, 0.717) is 5.56 Å². The van der Waals surface area contributed by atoms with Crippen LogP contribution in [0.3, 0.4) is 0 Å². The van der Waals surface area contributed by atoms with Crippen molar-refractivity contribution in [3.8, 4) is 0 Å². The number of ketones is 1. The molecule has 1 atom stereocenters. The Labute approximate surface area is 175 Å². The Balaban J connectivity index is 2.28. The second-order valence-corrected chi connectivity index (χ2v) is 15.3. The highest BCUT2D eigenvalue weighted by molar-refractivity contribution is 7.89. The monoisotopic (exact) mass is 433 g/mol. The molecule has 2 aromatic rings. The predicted octanol–water partition coefficient (Wildman–Crippen LogP) is 4.61. The number of Topliss-reactive ketones (excluding diaryl/α,β-unsaturated/α-hetero) is 1. The number of nitrogens with one attached hydrogen (secondary N) is 1. The minimum atomic E-state index is -3.87.